The van der Waals surface area contributed by atoms with Crippen molar-refractivity contribution in [2.45, 2.75) is 19.3 Å². The number of hydrogen-bond donors (Lipinski definition) is 0. The highest BCUT2D eigenvalue weighted by Crippen LogP contribution is 2.56. The second kappa shape index (κ2) is 7.71. The van der Waals surface area contributed by atoms with Crippen LogP contribution < -0.4 is 4.90 Å². The Kier molecular flexibility index (Phi) is 5.01. The van der Waals surface area contributed by atoms with Gasteiger partial charge in [0.25, 0.3) is 0 Å². The third-order valence-corrected chi connectivity index (χ3v) is 7.30. The number of nitrogens with zero attached hydrogens (tertiary/aromatic N) is 1. The molecule has 5 rings (SSSR count). The van der Waals surface area contributed by atoms with Crippen molar-refractivity contribution in [3.05, 3.63) is 64.1 Å². The second-order valence-electron chi connectivity index (χ2n) is 8.45. The first-order valence-electron chi connectivity index (χ1n) is 10.4. The fourth-order valence-electron chi connectivity index (χ4n) is 5.37. The van der Waals surface area contributed by atoms with Crippen LogP contribution in [-0.4, -0.2) is 30.2 Å². The normalized spacial score (nSPS) is 26.3. The topological polar surface area (TPSA) is 80.8 Å². The molecule has 0 N–H and O–H groups in total. The first kappa shape index (κ1) is 20.1. The largest absolute Gasteiger partial charge is 0.454 e. The van der Waals surface area contributed by atoms with Gasteiger partial charge in [0.15, 0.2) is 12.4 Å². The molecule has 1 heterocycles. The predicted molar refractivity (Wildman–Crippen MR) is 116 cm³/mol. The summed E-state index contributed by atoms with van der Waals surface area (Å²) in [7, 11) is 0. The Balaban J connectivity index is 1.29. The van der Waals surface area contributed by atoms with E-state index in [4.69, 9.17) is 4.74 Å². The van der Waals surface area contributed by atoms with E-state index in [1.165, 1.54) is 11.0 Å². The molecular formula is C24H20BrNO5. The summed E-state index contributed by atoms with van der Waals surface area (Å²) in [4.78, 5) is 52.0. The van der Waals surface area contributed by atoms with Crippen LogP contribution in [0.1, 0.15) is 40.0 Å². The molecule has 3 fully saturated rings. The molecule has 2 amide bonds. The molecule has 7 heteroatoms. The first-order valence-corrected chi connectivity index (χ1v) is 11.2. The number of ketones is 1. The SMILES string of the molecule is O=C(COC(=O)c1cccc(N2C(=O)[C@@H]3[C@@H]4CC[C@H](C4)[C@@H]3C2=O)c1)c1ccc(Br)cc1. The summed E-state index contributed by atoms with van der Waals surface area (Å²) in [5.41, 5.74) is 1.03. The van der Waals surface area contributed by atoms with Crippen molar-refractivity contribution in [1.82, 2.24) is 0 Å². The van der Waals surface area contributed by atoms with Crippen LogP contribution in [0, 0.1) is 23.7 Å². The molecule has 0 spiro atoms. The molecule has 2 aliphatic carbocycles. The van der Waals surface area contributed by atoms with Gasteiger partial charge in [0.1, 0.15) is 0 Å². The number of amides is 2. The standard InChI is InChI=1S/C24H20BrNO5/c25-17-8-6-13(7-9-17)19(27)12-31-24(30)16-2-1-3-18(11-16)26-22(28)20-14-4-5-15(10-14)21(20)23(26)29/h1-3,6-9,11,14-15,20-21H,4-5,10,12H2/t14-,15-,20-,21+/m1/s1. The highest BCUT2D eigenvalue weighted by molar-refractivity contribution is 9.10. The number of Topliss-reactive ketones (excluding diaryl/α,β-unsaturated/α-hetero) is 1. The summed E-state index contributed by atoms with van der Waals surface area (Å²) in [6.07, 6.45) is 2.99. The Hall–Kier alpha value is -2.80. The number of carbonyl (C=O) groups excluding carboxylic acids is 4. The average Bonchev–Trinajstić information content (AvgIpc) is 3.46. The smallest absolute Gasteiger partial charge is 0.338 e. The molecule has 2 aromatic carbocycles. The number of esters is 1. The minimum Gasteiger partial charge on any atom is -0.454 e. The monoisotopic (exact) mass is 481 g/mol. The fraction of sp³-hybridized carbons (Fsp3) is 0.333. The molecule has 6 nitrogen and oxygen atoms in total. The van der Waals surface area contributed by atoms with Crippen LogP contribution in [0.2, 0.25) is 0 Å². The Morgan fingerprint density at radius 1 is 0.935 bits per heavy atom. The van der Waals surface area contributed by atoms with Crippen molar-refractivity contribution in [2.75, 3.05) is 11.5 Å². The fourth-order valence-corrected chi connectivity index (χ4v) is 5.63. The summed E-state index contributed by atoms with van der Waals surface area (Å²) in [5.74, 6) is -1.13. The number of halogens is 1. The molecule has 2 aromatic rings. The van der Waals surface area contributed by atoms with Gasteiger partial charge in [-0.1, -0.05) is 34.1 Å². The average molecular weight is 482 g/mol. The van der Waals surface area contributed by atoms with Crippen molar-refractivity contribution in [3.8, 4) is 0 Å². The molecule has 0 aromatic heterocycles. The van der Waals surface area contributed by atoms with Crippen LogP contribution in [0.5, 0.6) is 0 Å². The Bertz CT molecular complexity index is 1070. The van der Waals surface area contributed by atoms with Gasteiger partial charge in [0, 0.05) is 10.0 Å². The van der Waals surface area contributed by atoms with Crippen LogP contribution in [0.25, 0.3) is 0 Å². The summed E-state index contributed by atoms with van der Waals surface area (Å²) in [5, 5.41) is 0. The molecule has 1 aliphatic heterocycles. The van der Waals surface area contributed by atoms with Crippen molar-refractivity contribution in [3.63, 3.8) is 0 Å². The van der Waals surface area contributed by atoms with E-state index in [0.717, 1.165) is 23.7 Å². The lowest BCUT2D eigenvalue weighted by Gasteiger charge is -2.19. The maximum absolute atomic E-state index is 13.0. The van der Waals surface area contributed by atoms with Crippen LogP contribution in [0.15, 0.2) is 53.0 Å². The number of anilines is 1. The number of rotatable bonds is 5. The predicted octanol–water partition coefficient (Wildman–Crippen LogP) is 4.02. The zero-order chi connectivity index (χ0) is 21.7. The Morgan fingerprint density at radius 3 is 2.23 bits per heavy atom. The summed E-state index contributed by atoms with van der Waals surface area (Å²) in [6, 6.07) is 13.1. The summed E-state index contributed by atoms with van der Waals surface area (Å²) < 4.78 is 6.02. The lowest BCUT2D eigenvalue weighted by atomic mass is 9.81. The van der Waals surface area contributed by atoms with Crippen molar-refractivity contribution < 1.29 is 23.9 Å². The minimum absolute atomic E-state index is 0.155. The molecule has 1 saturated heterocycles. The number of imide groups is 1. The zero-order valence-corrected chi connectivity index (χ0v) is 18.2. The molecule has 2 bridgehead atoms. The van der Waals surface area contributed by atoms with Gasteiger partial charge in [-0.15, -0.1) is 0 Å². The third-order valence-electron chi connectivity index (χ3n) is 6.77. The first-order chi connectivity index (χ1) is 14.9. The van der Waals surface area contributed by atoms with E-state index < -0.39 is 5.97 Å². The van der Waals surface area contributed by atoms with Gasteiger partial charge >= 0.3 is 5.97 Å². The van der Waals surface area contributed by atoms with Gasteiger partial charge in [-0.05, 0) is 61.4 Å². The van der Waals surface area contributed by atoms with E-state index in [1.807, 2.05) is 0 Å². The minimum atomic E-state index is -0.674. The van der Waals surface area contributed by atoms with E-state index in [9.17, 15) is 19.2 Å². The molecule has 158 valence electrons. The maximum atomic E-state index is 13.0. The van der Waals surface area contributed by atoms with Gasteiger partial charge < -0.3 is 4.74 Å². The van der Waals surface area contributed by atoms with Crippen molar-refractivity contribution in [2.24, 2.45) is 23.7 Å². The zero-order valence-electron chi connectivity index (χ0n) is 16.6. The highest BCUT2D eigenvalue weighted by Gasteiger charge is 2.61. The molecule has 3 aliphatic rings. The third kappa shape index (κ3) is 3.41. The lowest BCUT2D eigenvalue weighted by molar-refractivity contribution is -0.123. The Morgan fingerprint density at radius 2 is 1.58 bits per heavy atom. The number of carbonyl (C=O) groups is 4. The van der Waals surface area contributed by atoms with Gasteiger partial charge in [-0.25, -0.2) is 4.79 Å². The van der Waals surface area contributed by atoms with E-state index in [2.05, 4.69) is 15.9 Å². The van der Waals surface area contributed by atoms with Gasteiger partial charge in [0.2, 0.25) is 11.8 Å². The molecular weight excluding hydrogens is 462 g/mol. The molecule has 2 saturated carbocycles. The van der Waals surface area contributed by atoms with Crippen molar-refractivity contribution >= 4 is 45.2 Å². The number of ether oxygens (including phenoxy) is 1. The van der Waals surface area contributed by atoms with E-state index in [1.54, 1.807) is 42.5 Å². The van der Waals surface area contributed by atoms with E-state index >= 15 is 0 Å². The molecule has 0 unspecified atom stereocenters. The van der Waals surface area contributed by atoms with Gasteiger partial charge in [0.05, 0.1) is 23.1 Å². The lowest BCUT2D eigenvalue weighted by Crippen LogP contribution is -2.32. The number of fused-ring (bicyclic) bond motifs is 5. The van der Waals surface area contributed by atoms with Crippen molar-refractivity contribution in [1.29, 1.82) is 0 Å². The van der Waals surface area contributed by atoms with E-state index in [-0.39, 0.29) is 41.6 Å². The Labute approximate surface area is 187 Å². The quantitative estimate of drug-likeness (QED) is 0.365. The van der Waals surface area contributed by atoms with Crippen LogP contribution in [-0.2, 0) is 14.3 Å². The molecule has 0 radical (unpaired) electrons. The van der Waals surface area contributed by atoms with Crippen LogP contribution in [0.4, 0.5) is 5.69 Å². The van der Waals surface area contributed by atoms with Gasteiger partial charge in [-0.2, -0.15) is 0 Å². The molecule has 4 atom stereocenters. The van der Waals surface area contributed by atoms with Crippen LogP contribution >= 0.6 is 15.9 Å². The van der Waals surface area contributed by atoms with Crippen LogP contribution in [0.3, 0.4) is 0 Å². The second-order valence-corrected chi connectivity index (χ2v) is 9.37. The highest BCUT2D eigenvalue weighted by atomic mass is 79.9. The summed E-state index contributed by atoms with van der Waals surface area (Å²) >= 11 is 3.31. The van der Waals surface area contributed by atoms with Gasteiger partial charge in [-0.3, -0.25) is 19.3 Å². The molecule has 31 heavy (non-hydrogen) atoms. The maximum Gasteiger partial charge on any atom is 0.338 e. The van der Waals surface area contributed by atoms with E-state index in [0.29, 0.717) is 23.1 Å². The number of hydrogen-bond acceptors (Lipinski definition) is 5. The number of benzene rings is 2. The summed E-state index contributed by atoms with van der Waals surface area (Å²) in [6.45, 7) is -0.389.